The minimum absolute atomic E-state index is 0.156. The highest BCUT2D eigenvalue weighted by atomic mass is 79.9. The van der Waals surface area contributed by atoms with Crippen molar-refractivity contribution in [2.24, 2.45) is 0 Å². The topological polar surface area (TPSA) is 58.2 Å². The molecule has 1 saturated carbocycles. The molecule has 0 heterocycles. The Bertz CT molecular complexity index is 496. The minimum Gasteiger partial charge on any atom is -0.345 e. The maximum absolute atomic E-state index is 11.8. The fourth-order valence-electron chi connectivity index (χ4n) is 2.18. The van der Waals surface area contributed by atoms with Crippen molar-refractivity contribution in [3.05, 3.63) is 28.2 Å². The van der Waals surface area contributed by atoms with E-state index in [0.29, 0.717) is 5.69 Å². The van der Waals surface area contributed by atoms with Crippen LogP contribution in [0.3, 0.4) is 0 Å². The molecular weight excluding hydrogens is 308 g/mol. The van der Waals surface area contributed by atoms with E-state index < -0.39 is 11.8 Å². The molecule has 1 aliphatic rings. The fraction of sp³-hybridized carbons (Fsp3) is 0.429. The van der Waals surface area contributed by atoms with Gasteiger partial charge in [0.1, 0.15) is 0 Å². The molecule has 0 unspecified atom stereocenters. The first-order valence-corrected chi connectivity index (χ1v) is 7.23. The summed E-state index contributed by atoms with van der Waals surface area (Å²) in [5, 5.41) is 5.36. The number of carbonyl (C=O) groups is 2. The lowest BCUT2D eigenvalue weighted by atomic mass is 10.2. The second-order valence-corrected chi connectivity index (χ2v) is 5.73. The molecule has 1 fully saturated rings. The van der Waals surface area contributed by atoms with Crippen molar-refractivity contribution in [1.82, 2.24) is 5.32 Å². The number of aryl methyl sites for hydroxylation is 1. The molecule has 0 saturated heterocycles. The van der Waals surface area contributed by atoms with Crippen molar-refractivity contribution in [3.8, 4) is 0 Å². The van der Waals surface area contributed by atoms with Crippen LogP contribution < -0.4 is 10.6 Å². The van der Waals surface area contributed by atoms with E-state index in [1.807, 2.05) is 13.0 Å². The number of amides is 2. The number of benzene rings is 1. The van der Waals surface area contributed by atoms with Gasteiger partial charge in [0.2, 0.25) is 0 Å². The van der Waals surface area contributed by atoms with Crippen LogP contribution in [0.2, 0.25) is 0 Å². The molecule has 5 heteroatoms. The number of nitrogens with one attached hydrogen (secondary N) is 2. The zero-order valence-corrected chi connectivity index (χ0v) is 12.4. The fourth-order valence-corrected chi connectivity index (χ4v) is 2.56. The standard InChI is InChI=1S/C14H17BrN2O2/c1-9-6-7-11(8-12(9)15)17-14(19)13(18)16-10-4-2-3-5-10/h6-8,10H,2-5H2,1H3,(H,16,18)(H,17,19). The molecular formula is C14H17BrN2O2. The number of rotatable bonds is 2. The number of halogens is 1. The highest BCUT2D eigenvalue weighted by Crippen LogP contribution is 2.21. The van der Waals surface area contributed by atoms with Crippen molar-refractivity contribution in [2.75, 3.05) is 5.32 Å². The summed E-state index contributed by atoms with van der Waals surface area (Å²) >= 11 is 3.39. The highest BCUT2D eigenvalue weighted by molar-refractivity contribution is 9.10. The quantitative estimate of drug-likeness (QED) is 0.822. The van der Waals surface area contributed by atoms with Crippen molar-refractivity contribution >= 4 is 33.4 Å². The summed E-state index contributed by atoms with van der Waals surface area (Å²) in [6.45, 7) is 1.96. The van der Waals surface area contributed by atoms with E-state index in [2.05, 4.69) is 26.6 Å². The van der Waals surface area contributed by atoms with E-state index in [-0.39, 0.29) is 6.04 Å². The van der Waals surface area contributed by atoms with Gasteiger partial charge in [0.15, 0.2) is 0 Å². The molecule has 0 atom stereocenters. The van der Waals surface area contributed by atoms with E-state index in [1.54, 1.807) is 12.1 Å². The van der Waals surface area contributed by atoms with Gasteiger partial charge in [-0.2, -0.15) is 0 Å². The zero-order chi connectivity index (χ0) is 13.8. The maximum atomic E-state index is 11.8. The van der Waals surface area contributed by atoms with Gasteiger partial charge in [-0.1, -0.05) is 34.8 Å². The van der Waals surface area contributed by atoms with Crippen molar-refractivity contribution < 1.29 is 9.59 Å². The first-order valence-electron chi connectivity index (χ1n) is 6.44. The Kier molecular flexibility index (Phi) is 4.58. The van der Waals surface area contributed by atoms with Gasteiger partial charge in [0.25, 0.3) is 0 Å². The van der Waals surface area contributed by atoms with Gasteiger partial charge in [-0.05, 0) is 37.5 Å². The summed E-state index contributed by atoms with van der Waals surface area (Å²) in [6, 6.07) is 5.61. The molecule has 2 rings (SSSR count). The van der Waals surface area contributed by atoms with Crippen LogP contribution >= 0.6 is 15.9 Å². The number of hydrogen-bond acceptors (Lipinski definition) is 2. The molecule has 1 aromatic rings. The lowest BCUT2D eigenvalue weighted by Gasteiger charge is -2.12. The third-order valence-corrected chi connectivity index (χ3v) is 4.18. The van der Waals surface area contributed by atoms with Gasteiger partial charge in [-0.25, -0.2) is 0 Å². The van der Waals surface area contributed by atoms with Gasteiger partial charge in [0, 0.05) is 16.2 Å². The summed E-state index contributed by atoms with van der Waals surface area (Å²) in [7, 11) is 0. The smallest absolute Gasteiger partial charge is 0.313 e. The Morgan fingerprint density at radius 2 is 1.89 bits per heavy atom. The number of anilines is 1. The molecule has 0 radical (unpaired) electrons. The Morgan fingerprint density at radius 3 is 2.53 bits per heavy atom. The maximum Gasteiger partial charge on any atom is 0.313 e. The predicted octanol–water partition coefficient (Wildman–Crippen LogP) is 2.75. The van der Waals surface area contributed by atoms with Crippen LogP contribution in [0.15, 0.2) is 22.7 Å². The Morgan fingerprint density at radius 1 is 1.21 bits per heavy atom. The molecule has 102 valence electrons. The summed E-state index contributed by atoms with van der Waals surface area (Å²) < 4.78 is 0.904. The summed E-state index contributed by atoms with van der Waals surface area (Å²) in [6.07, 6.45) is 4.18. The molecule has 2 amide bonds. The minimum atomic E-state index is -0.609. The predicted molar refractivity (Wildman–Crippen MR) is 77.9 cm³/mol. The Hall–Kier alpha value is -1.36. The average Bonchev–Trinajstić information content (AvgIpc) is 2.86. The monoisotopic (exact) mass is 324 g/mol. The van der Waals surface area contributed by atoms with Crippen molar-refractivity contribution in [2.45, 2.75) is 38.6 Å². The van der Waals surface area contributed by atoms with Crippen LogP contribution in [0.1, 0.15) is 31.2 Å². The molecule has 0 aromatic heterocycles. The van der Waals surface area contributed by atoms with Crippen LogP contribution in [0.4, 0.5) is 5.69 Å². The normalized spacial score (nSPS) is 15.3. The number of hydrogen-bond donors (Lipinski definition) is 2. The molecule has 19 heavy (non-hydrogen) atoms. The van der Waals surface area contributed by atoms with E-state index in [9.17, 15) is 9.59 Å². The van der Waals surface area contributed by atoms with Gasteiger partial charge in [-0.3, -0.25) is 9.59 Å². The molecule has 4 nitrogen and oxygen atoms in total. The summed E-state index contributed by atoms with van der Waals surface area (Å²) in [4.78, 5) is 23.5. The molecule has 0 spiro atoms. The van der Waals surface area contributed by atoms with Crippen molar-refractivity contribution in [3.63, 3.8) is 0 Å². The Labute approximate surface area is 121 Å². The van der Waals surface area contributed by atoms with E-state index in [0.717, 1.165) is 35.7 Å². The van der Waals surface area contributed by atoms with Gasteiger partial charge in [-0.15, -0.1) is 0 Å². The lowest BCUT2D eigenvalue weighted by Crippen LogP contribution is -2.40. The van der Waals surface area contributed by atoms with Gasteiger partial charge >= 0.3 is 11.8 Å². The second-order valence-electron chi connectivity index (χ2n) is 4.87. The molecule has 1 aliphatic carbocycles. The molecule has 1 aromatic carbocycles. The third kappa shape index (κ3) is 3.80. The zero-order valence-electron chi connectivity index (χ0n) is 10.8. The van der Waals surface area contributed by atoms with Crippen LogP contribution in [-0.4, -0.2) is 17.9 Å². The SMILES string of the molecule is Cc1ccc(NC(=O)C(=O)NC2CCCC2)cc1Br. The van der Waals surface area contributed by atoms with Gasteiger partial charge < -0.3 is 10.6 Å². The van der Waals surface area contributed by atoms with Gasteiger partial charge in [0.05, 0.1) is 0 Å². The first kappa shape index (κ1) is 14.1. The van der Waals surface area contributed by atoms with E-state index in [4.69, 9.17) is 0 Å². The molecule has 0 aliphatic heterocycles. The van der Waals surface area contributed by atoms with E-state index in [1.165, 1.54) is 0 Å². The summed E-state index contributed by atoms with van der Waals surface area (Å²) in [5.41, 5.74) is 1.69. The summed E-state index contributed by atoms with van der Waals surface area (Å²) in [5.74, 6) is -1.16. The average molecular weight is 325 g/mol. The van der Waals surface area contributed by atoms with Crippen molar-refractivity contribution in [1.29, 1.82) is 0 Å². The van der Waals surface area contributed by atoms with Crippen LogP contribution in [0.5, 0.6) is 0 Å². The highest BCUT2D eigenvalue weighted by Gasteiger charge is 2.21. The Balaban J connectivity index is 1.92. The van der Waals surface area contributed by atoms with Crippen LogP contribution in [0, 0.1) is 6.92 Å². The van der Waals surface area contributed by atoms with Crippen LogP contribution in [-0.2, 0) is 9.59 Å². The molecule has 2 N–H and O–H groups in total. The number of carbonyl (C=O) groups excluding carboxylic acids is 2. The van der Waals surface area contributed by atoms with Crippen LogP contribution in [0.25, 0.3) is 0 Å². The largest absolute Gasteiger partial charge is 0.345 e. The first-order chi connectivity index (χ1) is 9.06. The lowest BCUT2D eigenvalue weighted by molar-refractivity contribution is -0.136. The van der Waals surface area contributed by atoms with E-state index >= 15 is 0 Å². The third-order valence-electron chi connectivity index (χ3n) is 3.33. The molecule has 0 bridgehead atoms. The second kappa shape index (κ2) is 6.19.